The van der Waals surface area contributed by atoms with E-state index in [2.05, 4.69) is 53.5 Å². The molecule has 0 aliphatic carbocycles. The highest BCUT2D eigenvalue weighted by Gasteiger charge is 2.48. The molecule has 4 N–H and O–H groups in total. The Bertz CT molecular complexity index is 608. The molecule has 1 fully saturated rings. The highest BCUT2D eigenvalue weighted by Crippen LogP contribution is 2.52. The number of anilines is 2. The molecule has 26 heavy (non-hydrogen) atoms. The van der Waals surface area contributed by atoms with Crippen LogP contribution in [0.25, 0.3) is 0 Å². The zero-order chi connectivity index (χ0) is 19.4. The van der Waals surface area contributed by atoms with E-state index in [1.807, 2.05) is 36.4 Å². The summed E-state index contributed by atoms with van der Waals surface area (Å²) in [7, 11) is -3.90. The molecule has 0 aromatic heterocycles. The van der Waals surface area contributed by atoms with Crippen LogP contribution >= 0.6 is 7.60 Å². The molecule has 1 aliphatic heterocycles. The molecule has 0 amide bonds. The molecule has 0 radical (unpaired) electrons. The summed E-state index contributed by atoms with van der Waals surface area (Å²) < 4.78 is 14.7. The van der Waals surface area contributed by atoms with E-state index < -0.39 is 13.4 Å². The molecule has 0 saturated carbocycles. The van der Waals surface area contributed by atoms with Crippen molar-refractivity contribution in [1.82, 2.24) is 0 Å². The first-order valence-corrected chi connectivity index (χ1v) is 10.3. The lowest BCUT2D eigenvalue weighted by Gasteiger charge is -1.99. The molecule has 2 atom stereocenters. The standard InChI is InChI=1S/2C8H11N.C3H7O4P/c2*1-2-9-8-6-4-3-5-7-8;1-2-3(7-2)8(4,5)6/h2*3-7,9H,2H2,1H3;2-3H,1H3,(H2,4,5,6). The van der Waals surface area contributed by atoms with Gasteiger partial charge in [0.1, 0.15) is 0 Å². The van der Waals surface area contributed by atoms with Gasteiger partial charge in [0.05, 0.1) is 6.10 Å². The Morgan fingerprint density at radius 1 is 0.885 bits per heavy atom. The molecule has 6 nitrogen and oxygen atoms in total. The fraction of sp³-hybridized carbons (Fsp3) is 0.368. The molecule has 2 aromatic carbocycles. The van der Waals surface area contributed by atoms with E-state index in [9.17, 15) is 4.57 Å². The fourth-order valence-electron chi connectivity index (χ4n) is 2.05. The Hall–Kier alpha value is -1.85. The SMILES string of the molecule is CC1OC1P(=O)(O)O.CCNc1ccccc1.CCNc1ccccc1. The first-order chi connectivity index (χ1) is 12.4. The maximum absolute atomic E-state index is 10.2. The zero-order valence-electron chi connectivity index (χ0n) is 15.5. The van der Waals surface area contributed by atoms with Gasteiger partial charge in [-0.15, -0.1) is 0 Å². The van der Waals surface area contributed by atoms with Crippen LogP contribution in [0.15, 0.2) is 60.7 Å². The molecule has 0 spiro atoms. The van der Waals surface area contributed by atoms with Crippen LogP contribution in [-0.2, 0) is 9.30 Å². The van der Waals surface area contributed by atoms with Crippen LogP contribution in [0.3, 0.4) is 0 Å². The third-order valence-corrected chi connectivity index (χ3v) is 4.52. The van der Waals surface area contributed by atoms with Crippen molar-refractivity contribution < 1.29 is 19.1 Å². The predicted octanol–water partition coefficient (Wildman–Crippen LogP) is 4.15. The first-order valence-electron chi connectivity index (χ1n) is 8.67. The summed E-state index contributed by atoms with van der Waals surface area (Å²) in [5.74, 6) is -0.817. The largest absolute Gasteiger partial charge is 0.385 e. The molecule has 0 bridgehead atoms. The Morgan fingerprint density at radius 3 is 1.42 bits per heavy atom. The van der Waals surface area contributed by atoms with Crippen molar-refractivity contribution in [2.45, 2.75) is 32.7 Å². The van der Waals surface area contributed by atoms with E-state index in [0.717, 1.165) is 13.1 Å². The maximum Gasteiger partial charge on any atom is 0.356 e. The number of ether oxygens (including phenoxy) is 1. The number of rotatable bonds is 5. The van der Waals surface area contributed by atoms with E-state index >= 15 is 0 Å². The minimum atomic E-state index is -3.90. The quantitative estimate of drug-likeness (QED) is 0.460. The van der Waals surface area contributed by atoms with Gasteiger partial charge in [0.25, 0.3) is 0 Å². The molecule has 1 saturated heterocycles. The van der Waals surface area contributed by atoms with Gasteiger partial charge in [0, 0.05) is 24.5 Å². The molecule has 1 aliphatic rings. The average molecular weight is 380 g/mol. The third-order valence-electron chi connectivity index (χ3n) is 3.32. The molecule has 1 heterocycles. The van der Waals surface area contributed by atoms with Gasteiger partial charge >= 0.3 is 7.60 Å². The summed E-state index contributed by atoms with van der Waals surface area (Å²) in [5.41, 5.74) is 2.39. The average Bonchev–Trinajstić information content (AvgIpc) is 3.36. The van der Waals surface area contributed by atoms with Crippen molar-refractivity contribution >= 4 is 19.0 Å². The van der Waals surface area contributed by atoms with Crippen molar-refractivity contribution in [2.24, 2.45) is 0 Å². The van der Waals surface area contributed by atoms with Gasteiger partial charge in [-0.25, -0.2) is 0 Å². The minimum absolute atomic E-state index is 0.254. The van der Waals surface area contributed by atoms with E-state index in [1.165, 1.54) is 11.4 Å². The number of hydrogen-bond acceptors (Lipinski definition) is 4. The molecule has 3 rings (SSSR count). The minimum Gasteiger partial charge on any atom is -0.385 e. The van der Waals surface area contributed by atoms with Crippen LogP contribution in [0.4, 0.5) is 11.4 Å². The number of para-hydroxylation sites is 2. The fourth-order valence-corrected chi connectivity index (χ4v) is 2.95. The summed E-state index contributed by atoms with van der Waals surface area (Å²) in [4.78, 5) is 16.6. The van der Waals surface area contributed by atoms with E-state index in [1.54, 1.807) is 6.92 Å². The Balaban J connectivity index is 0.000000195. The van der Waals surface area contributed by atoms with Crippen molar-refractivity contribution in [3.63, 3.8) is 0 Å². The van der Waals surface area contributed by atoms with Crippen molar-refractivity contribution in [3.8, 4) is 0 Å². The molecule has 144 valence electrons. The highest BCUT2D eigenvalue weighted by molar-refractivity contribution is 7.52. The van der Waals surface area contributed by atoms with E-state index in [-0.39, 0.29) is 6.10 Å². The normalized spacial score (nSPS) is 17.7. The molecular formula is C19H29N2O4P. The second-order valence-corrected chi connectivity index (χ2v) is 7.30. The van der Waals surface area contributed by atoms with Crippen molar-refractivity contribution in [2.75, 3.05) is 23.7 Å². The van der Waals surface area contributed by atoms with Crippen LogP contribution in [0.1, 0.15) is 20.8 Å². The van der Waals surface area contributed by atoms with E-state index in [4.69, 9.17) is 9.79 Å². The first kappa shape index (κ1) is 22.2. The monoisotopic (exact) mass is 380 g/mol. The molecule has 2 unspecified atom stereocenters. The van der Waals surface area contributed by atoms with Gasteiger partial charge in [-0.2, -0.15) is 0 Å². The summed E-state index contributed by atoms with van der Waals surface area (Å²) in [6, 6.07) is 20.4. The molecule has 2 aromatic rings. The highest BCUT2D eigenvalue weighted by atomic mass is 31.2. The van der Waals surface area contributed by atoms with Crippen LogP contribution in [0, 0.1) is 0 Å². The Labute approximate surface area is 155 Å². The van der Waals surface area contributed by atoms with Crippen LogP contribution in [-0.4, -0.2) is 34.8 Å². The van der Waals surface area contributed by atoms with Gasteiger partial charge in [-0.05, 0) is 45.0 Å². The zero-order valence-corrected chi connectivity index (χ0v) is 16.4. The summed E-state index contributed by atoms with van der Waals surface area (Å²) >= 11 is 0. The van der Waals surface area contributed by atoms with Crippen LogP contribution in [0.5, 0.6) is 0 Å². The lowest BCUT2D eigenvalue weighted by Crippen LogP contribution is -1.94. The number of benzene rings is 2. The predicted molar refractivity (Wildman–Crippen MR) is 108 cm³/mol. The molecular weight excluding hydrogens is 351 g/mol. The Morgan fingerprint density at radius 2 is 1.23 bits per heavy atom. The smallest absolute Gasteiger partial charge is 0.356 e. The van der Waals surface area contributed by atoms with Gasteiger partial charge in [0.2, 0.25) is 0 Å². The van der Waals surface area contributed by atoms with E-state index in [0.29, 0.717) is 0 Å². The van der Waals surface area contributed by atoms with Gasteiger partial charge in [0.15, 0.2) is 5.85 Å². The lowest BCUT2D eigenvalue weighted by atomic mass is 10.3. The topological polar surface area (TPSA) is 94.1 Å². The number of epoxide rings is 1. The van der Waals surface area contributed by atoms with Gasteiger partial charge < -0.3 is 25.2 Å². The maximum atomic E-state index is 10.2. The van der Waals surface area contributed by atoms with Gasteiger partial charge in [-0.1, -0.05) is 36.4 Å². The Kier molecular flexibility index (Phi) is 9.99. The molecule has 7 heteroatoms. The van der Waals surface area contributed by atoms with Crippen molar-refractivity contribution in [1.29, 1.82) is 0 Å². The van der Waals surface area contributed by atoms with Crippen molar-refractivity contribution in [3.05, 3.63) is 60.7 Å². The second-order valence-electron chi connectivity index (χ2n) is 5.61. The second kappa shape index (κ2) is 11.7. The summed E-state index contributed by atoms with van der Waals surface area (Å²) in [6.07, 6.45) is -0.254. The van der Waals surface area contributed by atoms with Crippen LogP contribution < -0.4 is 10.6 Å². The lowest BCUT2D eigenvalue weighted by molar-refractivity contribution is 0.333. The summed E-state index contributed by atoms with van der Waals surface area (Å²) in [5, 5.41) is 6.42. The summed E-state index contributed by atoms with van der Waals surface area (Å²) in [6.45, 7) is 7.79. The number of hydrogen-bond donors (Lipinski definition) is 4. The number of nitrogens with one attached hydrogen (secondary N) is 2. The van der Waals surface area contributed by atoms with Gasteiger partial charge in [-0.3, -0.25) is 4.57 Å². The van der Waals surface area contributed by atoms with Crippen LogP contribution in [0.2, 0.25) is 0 Å². The third kappa shape index (κ3) is 9.59.